The standard InChI is InChI=1S/C20H13BrF3N5O/c21-16-17(19(30)26-11-12-5-4-8-25-10-12)28-29-15(20(22,23)24)9-14(27-18(16)29)13-6-2-1-3-7-13/h1-10H,11H2,(H,26,30)/p+1. The zero-order valence-electron chi connectivity index (χ0n) is 15.2. The lowest BCUT2D eigenvalue weighted by atomic mass is 10.1. The summed E-state index contributed by atoms with van der Waals surface area (Å²) in [6.07, 6.45) is -1.27. The predicted molar refractivity (Wildman–Crippen MR) is 105 cm³/mol. The number of aromatic amines is 1. The third-order valence-electron chi connectivity index (χ3n) is 4.33. The third-order valence-corrected chi connectivity index (χ3v) is 5.06. The van der Waals surface area contributed by atoms with Gasteiger partial charge < -0.3 is 5.32 Å². The number of halogens is 4. The van der Waals surface area contributed by atoms with Crippen LogP contribution in [0.15, 0.2) is 65.4 Å². The molecule has 3 aromatic heterocycles. The Morgan fingerprint density at radius 1 is 1.17 bits per heavy atom. The Labute approximate surface area is 176 Å². The van der Waals surface area contributed by atoms with Gasteiger partial charge in [0.05, 0.1) is 10.2 Å². The molecule has 0 saturated heterocycles. The van der Waals surface area contributed by atoms with E-state index in [0.29, 0.717) is 10.1 Å². The Bertz CT molecular complexity index is 1210. The number of hydrogen-bond donors (Lipinski definition) is 1. The van der Waals surface area contributed by atoms with Crippen LogP contribution in [-0.2, 0) is 12.7 Å². The largest absolute Gasteiger partial charge is 0.433 e. The first-order valence-electron chi connectivity index (χ1n) is 8.79. The molecule has 0 bridgehead atoms. The zero-order chi connectivity index (χ0) is 21.3. The second-order valence-electron chi connectivity index (χ2n) is 6.38. The molecule has 0 radical (unpaired) electrons. The number of rotatable bonds is 4. The molecule has 0 spiro atoms. The van der Waals surface area contributed by atoms with E-state index in [2.05, 4.69) is 36.3 Å². The number of carbonyl (C=O) groups is 1. The molecule has 4 aromatic rings. The molecule has 0 saturated carbocycles. The average Bonchev–Trinajstić information content (AvgIpc) is 3.08. The summed E-state index contributed by atoms with van der Waals surface area (Å²) in [4.78, 5) is 19.8. The van der Waals surface area contributed by atoms with Gasteiger partial charge in [0.25, 0.3) is 5.91 Å². The van der Waals surface area contributed by atoms with Gasteiger partial charge in [-0.1, -0.05) is 30.3 Å². The number of carbonyl (C=O) groups excluding carboxylic acids is 1. The summed E-state index contributed by atoms with van der Waals surface area (Å²) >= 11 is 3.21. The van der Waals surface area contributed by atoms with Crippen molar-refractivity contribution in [3.05, 3.63) is 82.3 Å². The first kappa shape index (κ1) is 20.0. The Kier molecular flexibility index (Phi) is 5.25. The predicted octanol–water partition coefficient (Wildman–Crippen LogP) is 3.92. The molecule has 0 aliphatic carbocycles. The fraction of sp³-hybridized carbons (Fsp3) is 0.100. The molecule has 0 fully saturated rings. The van der Waals surface area contributed by atoms with E-state index in [0.717, 1.165) is 11.6 Å². The second-order valence-corrected chi connectivity index (χ2v) is 7.18. The van der Waals surface area contributed by atoms with E-state index < -0.39 is 17.8 Å². The Balaban J connectivity index is 1.77. The normalized spacial score (nSPS) is 11.6. The highest BCUT2D eigenvalue weighted by molar-refractivity contribution is 9.10. The van der Waals surface area contributed by atoms with Crippen molar-refractivity contribution in [3.8, 4) is 11.3 Å². The summed E-state index contributed by atoms with van der Waals surface area (Å²) in [7, 11) is 0. The first-order valence-corrected chi connectivity index (χ1v) is 9.59. The molecule has 0 aliphatic rings. The van der Waals surface area contributed by atoms with E-state index in [-0.39, 0.29) is 28.1 Å². The maximum absolute atomic E-state index is 13.7. The molecule has 0 unspecified atom stereocenters. The summed E-state index contributed by atoms with van der Waals surface area (Å²) in [5, 5.41) is 6.54. The van der Waals surface area contributed by atoms with Crippen molar-refractivity contribution in [1.29, 1.82) is 0 Å². The molecule has 1 aromatic carbocycles. The maximum atomic E-state index is 13.7. The number of fused-ring (bicyclic) bond motifs is 1. The smallest absolute Gasteiger partial charge is 0.346 e. The van der Waals surface area contributed by atoms with Crippen LogP contribution in [0.25, 0.3) is 16.9 Å². The molecule has 0 aliphatic heterocycles. The van der Waals surface area contributed by atoms with Gasteiger partial charge in [0.1, 0.15) is 0 Å². The minimum Gasteiger partial charge on any atom is -0.346 e. The van der Waals surface area contributed by atoms with E-state index in [1.807, 2.05) is 0 Å². The third kappa shape index (κ3) is 3.90. The molecule has 4 rings (SSSR count). The van der Waals surface area contributed by atoms with Gasteiger partial charge in [-0.05, 0) is 28.1 Å². The van der Waals surface area contributed by atoms with Crippen LogP contribution in [0.3, 0.4) is 0 Å². The van der Waals surface area contributed by atoms with Gasteiger partial charge in [-0.25, -0.2) is 14.5 Å². The lowest BCUT2D eigenvalue weighted by molar-refractivity contribution is -0.378. The van der Waals surface area contributed by atoms with Crippen molar-refractivity contribution in [2.75, 3.05) is 0 Å². The van der Waals surface area contributed by atoms with Crippen molar-refractivity contribution in [3.63, 3.8) is 0 Å². The van der Waals surface area contributed by atoms with Gasteiger partial charge in [-0.3, -0.25) is 4.79 Å². The van der Waals surface area contributed by atoms with Crippen LogP contribution >= 0.6 is 15.9 Å². The number of benzene rings is 1. The summed E-state index contributed by atoms with van der Waals surface area (Å²) in [5.41, 5.74) is 0.141. The maximum Gasteiger partial charge on any atom is 0.433 e. The lowest BCUT2D eigenvalue weighted by Gasteiger charge is -2.11. The molecular weight excluding hydrogens is 463 g/mol. The van der Waals surface area contributed by atoms with Crippen LogP contribution in [0, 0.1) is 0 Å². The van der Waals surface area contributed by atoms with Crippen LogP contribution in [0.2, 0.25) is 0 Å². The van der Waals surface area contributed by atoms with Gasteiger partial charge in [0.2, 0.25) is 0 Å². The second kappa shape index (κ2) is 7.86. The van der Waals surface area contributed by atoms with Gasteiger partial charge in [0.15, 0.2) is 29.4 Å². The lowest BCUT2D eigenvalue weighted by Crippen LogP contribution is -2.24. The molecule has 1 amide bonds. The monoisotopic (exact) mass is 476 g/mol. The molecule has 3 heterocycles. The number of aromatic nitrogens is 4. The van der Waals surface area contributed by atoms with Crippen LogP contribution < -0.4 is 10.3 Å². The fourth-order valence-electron chi connectivity index (χ4n) is 2.90. The number of nitrogens with zero attached hydrogens (tertiary/aromatic N) is 3. The van der Waals surface area contributed by atoms with Crippen molar-refractivity contribution >= 4 is 27.5 Å². The van der Waals surface area contributed by atoms with Crippen LogP contribution in [0.4, 0.5) is 13.2 Å². The number of H-pyrrole nitrogens is 1. The minimum atomic E-state index is -4.69. The summed E-state index contributed by atoms with van der Waals surface area (Å²) in [5.74, 6) is -0.620. The Morgan fingerprint density at radius 3 is 2.60 bits per heavy atom. The Morgan fingerprint density at radius 2 is 1.93 bits per heavy atom. The SMILES string of the molecule is O=C(NCc1ccc[nH+]c1)c1nn2c(C(F)(F)F)cc(-c3ccccc3)nc2c1Br. The molecule has 2 N–H and O–H groups in total. The van der Waals surface area contributed by atoms with Crippen molar-refractivity contribution < 1.29 is 22.9 Å². The van der Waals surface area contributed by atoms with Gasteiger partial charge in [0, 0.05) is 23.7 Å². The number of nitrogens with one attached hydrogen (secondary N) is 2. The van der Waals surface area contributed by atoms with E-state index in [1.165, 1.54) is 0 Å². The summed E-state index contributed by atoms with van der Waals surface area (Å²) in [6, 6.07) is 13.0. The van der Waals surface area contributed by atoms with Crippen LogP contribution in [0.5, 0.6) is 0 Å². The van der Waals surface area contributed by atoms with Crippen LogP contribution in [0.1, 0.15) is 21.7 Å². The molecule has 152 valence electrons. The molecule has 30 heavy (non-hydrogen) atoms. The minimum absolute atomic E-state index is 0.0860. The fourth-order valence-corrected chi connectivity index (χ4v) is 3.42. The highest BCUT2D eigenvalue weighted by Crippen LogP contribution is 2.34. The van der Waals surface area contributed by atoms with E-state index in [4.69, 9.17) is 0 Å². The van der Waals surface area contributed by atoms with E-state index in [1.54, 1.807) is 54.9 Å². The van der Waals surface area contributed by atoms with Gasteiger partial charge in [-0.15, -0.1) is 0 Å². The topological polar surface area (TPSA) is 73.4 Å². The number of pyridine rings is 1. The van der Waals surface area contributed by atoms with Crippen molar-refractivity contribution in [2.24, 2.45) is 0 Å². The molecule has 10 heteroatoms. The van der Waals surface area contributed by atoms with Crippen molar-refractivity contribution in [1.82, 2.24) is 19.9 Å². The Hall–Kier alpha value is -3.27. The van der Waals surface area contributed by atoms with E-state index in [9.17, 15) is 18.0 Å². The van der Waals surface area contributed by atoms with Crippen LogP contribution in [-0.4, -0.2) is 20.5 Å². The molecule has 6 nitrogen and oxygen atoms in total. The number of hydrogen-bond acceptors (Lipinski definition) is 3. The van der Waals surface area contributed by atoms with Crippen molar-refractivity contribution in [2.45, 2.75) is 12.7 Å². The summed E-state index contributed by atoms with van der Waals surface area (Å²) in [6.45, 7) is 0.186. The first-order chi connectivity index (χ1) is 14.3. The summed E-state index contributed by atoms with van der Waals surface area (Å²) < 4.78 is 41.9. The molecule has 0 atom stereocenters. The molecular formula is C20H14BrF3N5O+. The number of amides is 1. The van der Waals surface area contributed by atoms with Gasteiger partial charge in [-0.2, -0.15) is 18.3 Å². The zero-order valence-corrected chi connectivity index (χ0v) is 16.8. The average molecular weight is 477 g/mol. The quantitative estimate of drug-likeness (QED) is 0.485. The highest BCUT2D eigenvalue weighted by Gasteiger charge is 2.36. The van der Waals surface area contributed by atoms with E-state index >= 15 is 0 Å². The highest BCUT2D eigenvalue weighted by atomic mass is 79.9. The number of alkyl halides is 3. The van der Waals surface area contributed by atoms with Gasteiger partial charge >= 0.3 is 6.18 Å².